The maximum absolute atomic E-state index is 15.6. The van der Waals surface area contributed by atoms with Crippen LogP contribution in [0.25, 0.3) is 0 Å². The van der Waals surface area contributed by atoms with E-state index in [0.717, 1.165) is 24.3 Å². The second kappa shape index (κ2) is 7.82. The zero-order valence-corrected chi connectivity index (χ0v) is 17.3. The van der Waals surface area contributed by atoms with Crippen molar-refractivity contribution in [1.29, 1.82) is 0 Å². The predicted octanol–water partition coefficient (Wildman–Crippen LogP) is 5.58. The molecule has 0 saturated carbocycles. The average Bonchev–Trinajstić information content (AvgIpc) is 2.74. The first-order valence-electron chi connectivity index (χ1n) is 9.56. The molecule has 1 aliphatic rings. The number of fused-ring (bicyclic) bond motifs is 2. The second-order valence-corrected chi connectivity index (χ2v) is 7.76. The molecule has 0 spiro atoms. The topological polar surface area (TPSA) is 74.6 Å². The molecule has 0 heterocycles. The second-order valence-electron chi connectivity index (χ2n) is 7.35. The monoisotopic (exact) mass is 458 g/mol. The molecular formula is C22H19ClF4O4. The number of hydrogen-bond acceptors (Lipinski definition) is 2. The van der Waals surface area contributed by atoms with E-state index >= 15 is 17.6 Å². The van der Waals surface area contributed by atoms with Crippen molar-refractivity contribution in [2.45, 2.75) is 44.5 Å². The van der Waals surface area contributed by atoms with Gasteiger partial charge in [0.25, 0.3) is 0 Å². The van der Waals surface area contributed by atoms with Crippen LogP contribution in [0.1, 0.15) is 53.1 Å². The Hall–Kier alpha value is -2.61. The molecule has 0 radical (unpaired) electrons. The Labute approximate surface area is 180 Å². The molecule has 166 valence electrons. The lowest BCUT2D eigenvalue weighted by Crippen LogP contribution is -2.36. The summed E-state index contributed by atoms with van der Waals surface area (Å²) in [4.78, 5) is 23.7. The number of hydrogen-bond donors (Lipinski definition) is 2. The summed E-state index contributed by atoms with van der Waals surface area (Å²) in [5.74, 6) is -17.2. The zero-order chi connectivity index (χ0) is 23.3. The fourth-order valence-corrected chi connectivity index (χ4v) is 4.82. The van der Waals surface area contributed by atoms with Crippen molar-refractivity contribution in [3.05, 3.63) is 68.7 Å². The van der Waals surface area contributed by atoms with Crippen molar-refractivity contribution >= 4 is 23.5 Å². The molecule has 1 aliphatic carbocycles. The van der Waals surface area contributed by atoms with E-state index in [0.29, 0.717) is 0 Å². The third-order valence-corrected chi connectivity index (χ3v) is 6.11. The van der Waals surface area contributed by atoms with Crippen molar-refractivity contribution in [3.63, 3.8) is 0 Å². The maximum Gasteiger partial charge on any atom is 0.340 e. The van der Waals surface area contributed by atoms with Crippen LogP contribution in [0, 0.1) is 5.92 Å². The first-order valence-corrected chi connectivity index (χ1v) is 9.94. The van der Waals surface area contributed by atoms with Crippen molar-refractivity contribution in [2.24, 2.45) is 5.92 Å². The molecule has 9 heteroatoms. The highest BCUT2D eigenvalue weighted by Gasteiger charge is 2.64. The molecule has 0 saturated heterocycles. The van der Waals surface area contributed by atoms with Gasteiger partial charge in [-0.25, -0.2) is 0 Å². The van der Waals surface area contributed by atoms with Gasteiger partial charge in [0.05, 0.1) is 0 Å². The molecule has 3 rings (SSSR count). The van der Waals surface area contributed by atoms with E-state index in [-0.39, 0.29) is 29.0 Å². The normalized spacial score (nSPS) is 18.8. The molecular weight excluding hydrogens is 440 g/mol. The van der Waals surface area contributed by atoms with Gasteiger partial charge in [0.15, 0.2) is 5.92 Å². The average molecular weight is 459 g/mol. The number of carbonyl (C=O) groups is 2. The number of carboxylic acid groups (broad SMARTS) is 2. The minimum Gasteiger partial charge on any atom is -0.481 e. The number of benzene rings is 2. The maximum atomic E-state index is 15.6. The highest BCUT2D eigenvalue weighted by molar-refractivity contribution is 6.31. The lowest BCUT2D eigenvalue weighted by molar-refractivity contribution is -0.223. The van der Waals surface area contributed by atoms with Gasteiger partial charge >= 0.3 is 23.8 Å². The van der Waals surface area contributed by atoms with Gasteiger partial charge in [-0.2, -0.15) is 17.6 Å². The van der Waals surface area contributed by atoms with Crippen LogP contribution in [0.3, 0.4) is 0 Å². The summed E-state index contributed by atoms with van der Waals surface area (Å²) in [6.45, 7) is 3.13. The fraction of sp³-hybridized carbons (Fsp3) is 0.364. The van der Waals surface area contributed by atoms with Crippen LogP contribution >= 0.6 is 11.6 Å². The summed E-state index contributed by atoms with van der Waals surface area (Å²) in [6, 6.07) is 5.25. The molecule has 0 aliphatic heterocycles. The molecule has 2 aromatic rings. The molecule has 1 atom stereocenters. The Morgan fingerprint density at radius 1 is 0.968 bits per heavy atom. The van der Waals surface area contributed by atoms with Gasteiger partial charge < -0.3 is 10.2 Å². The largest absolute Gasteiger partial charge is 0.481 e. The quantitative estimate of drug-likeness (QED) is 0.453. The van der Waals surface area contributed by atoms with Gasteiger partial charge in [0.1, 0.15) is 0 Å². The standard InChI is InChI=1S/C22H19ClF4O4/c1-3-10-11(4-2)18-13(9-15(10)23)16(17(19(28)29)20(30)31)12-7-5-6-8-14(12)21(24,25)22(18,26)27/h5-9,16-17H,3-4H2,1-2H3,(H,28,29)(H,30,31). The molecule has 0 aromatic heterocycles. The molecule has 1 unspecified atom stereocenters. The number of carboxylic acids is 2. The first-order chi connectivity index (χ1) is 14.4. The van der Waals surface area contributed by atoms with Crippen LogP contribution in [0.15, 0.2) is 30.3 Å². The van der Waals surface area contributed by atoms with Gasteiger partial charge in [-0.1, -0.05) is 49.7 Å². The Morgan fingerprint density at radius 3 is 2.03 bits per heavy atom. The highest BCUT2D eigenvalue weighted by Crippen LogP contribution is 2.59. The zero-order valence-electron chi connectivity index (χ0n) is 16.6. The van der Waals surface area contributed by atoms with Crippen molar-refractivity contribution in [3.8, 4) is 0 Å². The lowest BCUT2D eigenvalue weighted by Gasteiger charge is -2.30. The Bertz CT molecular complexity index is 1050. The van der Waals surface area contributed by atoms with Crippen molar-refractivity contribution in [1.82, 2.24) is 0 Å². The van der Waals surface area contributed by atoms with Crippen LogP contribution in [-0.4, -0.2) is 22.2 Å². The number of halogens is 5. The molecule has 0 bridgehead atoms. The van der Waals surface area contributed by atoms with E-state index in [4.69, 9.17) is 11.6 Å². The number of rotatable bonds is 5. The van der Waals surface area contributed by atoms with Gasteiger partial charge in [-0.15, -0.1) is 0 Å². The van der Waals surface area contributed by atoms with Gasteiger partial charge in [-0.05, 0) is 41.2 Å². The van der Waals surface area contributed by atoms with Gasteiger partial charge in [0, 0.05) is 22.1 Å². The van der Waals surface area contributed by atoms with Crippen molar-refractivity contribution < 1.29 is 37.4 Å². The summed E-state index contributed by atoms with van der Waals surface area (Å²) in [6.07, 6.45) is 0.0987. The third-order valence-electron chi connectivity index (χ3n) is 5.78. The van der Waals surface area contributed by atoms with Gasteiger partial charge in [0.2, 0.25) is 0 Å². The van der Waals surface area contributed by atoms with Crippen LogP contribution in [-0.2, 0) is 34.3 Å². The highest BCUT2D eigenvalue weighted by atomic mass is 35.5. The summed E-state index contributed by atoms with van der Waals surface area (Å²) in [7, 11) is 0. The molecule has 0 fully saturated rings. The molecule has 4 nitrogen and oxygen atoms in total. The predicted molar refractivity (Wildman–Crippen MR) is 105 cm³/mol. The van der Waals surface area contributed by atoms with E-state index in [1.807, 2.05) is 0 Å². The summed E-state index contributed by atoms with van der Waals surface area (Å²) < 4.78 is 61.8. The molecule has 2 N–H and O–H groups in total. The van der Waals surface area contributed by atoms with Crippen LogP contribution in [0.2, 0.25) is 5.02 Å². The van der Waals surface area contributed by atoms with Crippen LogP contribution in [0.4, 0.5) is 17.6 Å². The molecule has 31 heavy (non-hydrogen) atoms. The van der Waals surface area contributed by atoms with E-state index < -0.39 is 57.9 Å². The van der Waals surface area contributed by atoms with Crippen molar-refractivity contribution in [2.75, 3.05) is 0 Å². The summed E-state index contributed by atoms with van der Waals surface area (Å²) >= 11 is 6.29. The Balaban J connectivity index is 2.60. The first kappa shape index (κ1) is 23.1. The number of aliphatic carboxylic acids is 2. The summed E-state index contributed by atoms with van der Waals surface area (Å²) in [5, 5.41) is 19.2. The Morgan fingerprint density at radius 2 is 1.52 bits per heavy atom. The third kappa shape index (κ3) is 3.28. The lowest BCUT2D eigenvalue weighted by atomic mass is 9.76. The van der Waals surface area contributed by atoms with E-state index in [2.05, 4.69) is 0 Å². The Kier molecular flexibility index (Phi) is 5.82. The minimum absolute atomic E-state index is 0.00359. The van der Waals surface area contributed by atoms with Gasteiger partial charge in [-0.3, -0.25) is 9.59 Å². The molecule has 2 aromatic carbocycles. The van der Waals surface area contributed by atoms with E-state index in [1.165, 1.54) is 13.0 Å². The smallest absolute Gasteiger partial charge is 0.340 e. The van der Waals surface area contributed by atoms with E-state index in [9.17, 15) is 19.8 Å². The van der Waals surface area contributed by atoms with E-state index in [1.54, 1.807) is 6.92 Å². The molecule has 0 amide bonds. The minimum atomic E-state index is -4.73. The fourth-order valence-electron chi connectivity index (χ4n) is 4.45. The summed E-state index contributed by atoms with van der Waals surface area (Å²) in [5.41, 5.74) is -3.03. The SMILES string of the molecule is CCc1c(Cl)cc2c(c1CC)C(F)(F)C(F)(F)c1ccccc1C2C(C(=O)O)C(=O)O. The number of alkyl halides is 4. The van der Waals surface area contributed by atoms with Crippen LogP contribution in [0.5, 0.6) is 0 Å². The van der Waals surface area contributed by atoms with Crippen LogP contribution < -0.4 is 0 Å².